The maximum Gasteiger partial charge on any atom is 0.262 e. The van der Waals surface area contributed by atoms with Gasteiger partial charge in [0.25, 0.3) is 5.91 Å². The molecule has 104 valence electrons. The topological polar surface area (TPSA) is 64.3 Å². The third-order valence-electron chi connectivity index (χ3n) is 2.46. The van der Waals surface area contributed by atoms with Crippen LogP contribution in [0, 0.1) is 5.82 Å². The molecule has 2 aromatic rings. The highest BCUT2D eigenvalue weighted by Gasteiger charge is 2.06. The van der Waals surface area contributed by atoms with Gasteiger partial charge in [0.15, 0.2) is 6.61 Å². The number of amides is 1. The van der Waals surface area contributed by atoms with Crippen molar-refractivity contribution in [3.8, 4) is 5.75 Å². The maximum absolute atomic E-state index is 12.8. The number of nitrogens with one attached hydrogen (secondary N) is 1. The minimum Gasteiger partial charge on any atom is -0.482 e. The van der Waals surface area contributed by atoms with Gasteiger partial charge in [0, 0.05) is 16.8 Å². The molecule has 0 aliphatic carbocycles. The number of nitrogens with two attached hydrogens (primary N) is 1. The molecule has 0 saturated carbocycles. The summed E-state index contributed by atoms with van der Waals surface area (Å²) in [5.74, 6) is -0.547. The van der Waals surface area contributed by atoms with E-state index in [9.17, 15) is 9.18 Å². The van der Waals surface area contributed by atoms with E-state index in [2.05, 4.69) is 5.32 Å². The fourth-order valence-corrected chi connectivity index (χ4v) is 1.65. The van der Waals surface area contributed by atoms with Gasteiger partial charge in [0.1, 0.15) is 11.6 Å². The molecule has 1 amide bonds. The van der Waals surface area contributed by atoms with Crippen molar-refractivity contribution in [1.82, 2.24) is 0 Å². The Morgan fingerprint density at radius 1 is 1.25 bits per heavy atom. The highest BCUT2D eigenvalue weighted by Crippen LogP contribution is 2.21. The molecule has 0 atom stereocenters. The molecule has 2 rings (SSSR count). The van der Waals surface area contributed by atoms with E-state index in [0.717, 1.165) is 6.07 Å². The molecule has 0 heterocycles. The van der Waals surface area contributed by atoms with E-state index in [4.69, 9.17) is 22.1 Å². The highest BCUT2D eigenvalue weighted by atomic mass is 35.5. The fraction of sp³-hybridized carbons (Fsp3) is 0.0714. The molecule has 20 heavy (non-hydrogen) atoms. The third-order valence-corrected chi connectivity index (χ3v) is 2.71. The second kappa shape index (κ2) is 6.25. The molecule has 0 bridgehead atoms. The second-order valence-corrected chi connectivity index (χ2v) is 4.46. The van der Waals surface area contributed by atoms with E-state index in [1.165, 1.54) is 12.1 Å². The lowest BCUT2D eigenvalue weighted by Gasteiger charge is -2.09. The Hall–Kier alpha value is -2.27. The van der Waals surface area contributed by atoms with Crippen molar-refractivity contribution in [1.29, 1.82) is 0 Å². The number of hydrogen-bond donors (Lipinski definition) is 2. The van der Waals surface area contributed by atoms with Gasteiger partial charge >= 0.3 is 0 Å². The van der Waals surface area contributed by atoms with Crippen LogP contribution in [0.3, 0.4) is 0 Å². The Labute approximate surface area is 120 Å². The Bertz CT molecular complexity index is 617. The van der Waals surface area contributed by atoms with Crippen molar-refractivity contribution >= 4 is 28.9 Å². The molecule has 3 N–H and O–H groups in total. The zero-order valence-corrected chi connectivity index (χ0v) is 11.2. The van der Waals surface area contributed by atoms with E-state index in [1.807, 2.05) is 0 Å². The first-order valence-electron chi connectivity index (χ1n) is 5.78. The van der Waals surface area contributed by atoms with Gasteiger partial charge in [-0.05, 0) is 36.4 Å². The molecule has 0 radical (unpaired) electrons. The van der Waals surface area contributed by atoms with Gasteiger partial charge in [-0.2, -0.15) is 0 Å². The summed E-state index contributed by atoms with van der Waals surface area (Å²) in [4.78, 5) is 11.7. The summed E-state index contributed by atoms with van der Waals surface area (Å²) in [6, 6.07) is 10.4. The minimum absolute atomic E-state index is 0.143. The van der Waals surface area contributed by atoms with Crippen LogP contribution in [0.25, 0.3) is 0 Å². The predicted molar refractivity (Wildman–Crippen MR) is 76.4 cm³/mol. The molecule has 0 unspecified atom stereocenters. The lowest BCUT2D eigenvalue weighted by molar-refractivity contribution is -0.118. The van der Waals surface area contributed by atoms with Crippen molar-refractivity contribution in [3.05, 3.63) is 53.3 Å². The number of carbonyl (C=O) groups is 1. The normalized spacial score (nSPS) is 10.1. The van der Waals surface area contributed by atoms with Crippen molar-refractivity contribution in [2.45, 2.75) is 0 Å². The largest absolute Gasteiger partial charge is 0.482 e. The Morgan fingerprint density at radius 3 is 2.60 bits per heavy atom. The fourth-order valence-electron chi connectivity index (χ4n) is 1.52. The van der Waals surface area contributed by atoms with Crippen molar-refractivity contribution in [2.75, 3.05) is 17.7 Å². The summed E-state index contributed by atoms with van der Waals surface area (Å²) in [6.07, 6.45) is 0. The number of carbonyl (C=O) groups excluding carboxylic acids is 1. The number of halogens is 2. The lowest BCUT2D eigenvalue weighted by Crippen LogP contribution is -2.20. The molecular weight excluding hydrogens is 283 g/mol. The summed E-state index contributed by atoms with van der Waals surface area (Å²) in [5, 5.41) is 3.21. The first kappa shape index (κ1) is 14.1. The first-order valence-corrected chi connectivity index (χ1v) is 6.15. The summed E-state index contributed by atoms with van der Waals surface area (Å²) >= 11 is 5.74. The molecule has 4 nitrogen and oxygen atoms in total. The molecule has 0 spiro atoms. The molecule has 0 saturated heterocycles. The van der Waals surface area contributed by atoms with Crippen LogP contribution >= 0.6 is 11.6 Å². The van der Waals surface area contributed by atoms with E-state index >= 15 is 0 Å². The van der Waals surface area contributed by atoms with Gasteiger partial charge in [-0.1, -0.05) is 11.6 Å². The van der Waals surface area contributed by atoms with Crippen LogP contribution in [0.15, 0.2) is 42.5 Å². The lowest BCUT2D eigenvalue weighted by atomic mass is 10.3. The van der Waals surface area contributed by atoms with E-state index in [-0.39, 0.29) is 24.0 Å². The Morgan fingerprint density at radius 2 is 1.95 bits per heavy atom. The summed E-state index contributed by atoms with van der Waals surface area (Å²) in [7, 11) is 0. The minimum atomic E-state index is -0.458. The number of benzene rings is 2. The van der Waals surface area contributed by atoms with Gasteiger partial charge in [-0.3, -0.25) is 4.79 Å². The van der Waals surface area contributed by atoms with Crippen LogP contribution in [0.5, 0.6) is 5.75 Å². The third kappa shape index (κ3) is 3.86. The van der Waals surface area contributed by atoms with Crippen molar-refractivity contribution in [2.24, 2.45) is 0 Å². The summed E-state index contributed by atoms with van der Waals surface area (Å²) in [6.45, 7) is -0.224. The van der Waals surface area contributed by atoms with E-state index < -0.39 is 5.82 Å². The van der Waals surface area contributed by atoms with Crippen LogP contribution in [-0.2, 0) is 4.79 Å². The summed E-state index contributed by atoms with van der Waals surface area (Å²) in [5.41, 5.74) is 6.31. The quantitative estimate of drug-likeness (QED) is 0.852. The van der Waals surface area contributed by atoms with Crippen LogP contribution < -0.4 is 15.8 Å². The zero-order chi connectivity index (χ0) is 14.5. The number of anilines is 2. The molecule has 0 aromatic heterocycles. The Kier molecular flexibility index (Phi) is 4.42. The highest BCUT2D eigenvalue weighted by molar-refractivity contribution is 6.30. The number of hydrogen-bond acceptors (Lipinski definition) is 3. The summed E-state index contributed by atoms with van der Waals surface area (Å²) < 4.78 is 18.1. The van der Waals surface area contributed by atoms with Gasteiger partial charge in [0.2, 0.25) is 0 Å². The predicted octanol–water partition coefficient (Wildman–Crippen LogP) is 3.08. The molecule has 0 aliphatic heterocycles. The number of ether oxygens (including phenoxy) is 1. The molecule has 6 heteroatoms. The van der Waals surface area contributed by atoms with Gasteiger partial charge < -0.3 is 15.8 Å². The molecular formula is C14H12ClFN2O2. The van der Waals surface area contributed by atoms with Crippen molar-refractivity contribution < 1.29 is 13.9 Å². The number of rotatable bonds is 4. The maximum atomic E-state index is 12.8. The standard InChI is InChI=1S/C14H12ClFN2O2/c15-9-1-4-11(5-2-9)18-14(19)8-20-13-6-3-10(16)7-12(13)17/h1-7H,8,17H2,(H,18,19). The van der Waals surface area contributed by atoms with Gasteiger partial charge in [-0.15, -0.1) is 0 Å². The second-order valence-electron chi connectivity index (χ2n) is 4.03. The van der Waals surface area contributed by atoms with Crippen LogP contribution in [0.1, 0.15) is 0 Å². The molecule has 0 aliphatic rings. The van der Waals surface area contributed by atoms with Gasteiger partial charge in [0.05, 0.1) is 5.69 Å². The van der Waals surface area contributed by atoms with Crippen LogP contribution in [-0.4, -0.2) is 12.5 Å². The van der Waals surface area contributed by atoms with E-state index in [1.54, 1.807) is 24.3 Å². The molecule has 2 aromatic carbocycles. The monoisotopic (exact) mass is 294 g/mol. The smallest absolute Gasteiger partial charge is 0.262 e. The van der Waals surface area contributed by atoms with Crippen LogP contribution in [0.4, 0.5) is 15.8 Å². The SMILES string of the molecule is Nc1cc(F)ccc1OCC(=O)Nc1ccc(Cl)cc1. The average Bonchev–Trinajstić information content (AvgIpc) is 2.40. The van der Waals surface area contributed by atoms with Gasteiger partial charge in [-0.25, -0.2) is 4.39 Å². The van der Waals surface area contributed by atoms with Crippen molar-refractivity contribution in [3.63, 3.8) is 0 Å². The van der Waals surface area contributed by atoms with E-state index in [0.29, 0.717) is 10.7 Å². The average molecular weight is 295 g/mol. The molecule has 0 fully saturated rings. The Balaban J connectivity index is 1.90. The van der Waals surface area contributed by atoms with Crippen LogP contribution in [0.2, 0.25) is 5.02 Å². The zero-order valence-electron chi connectivity index (χ0n) is 10.4. The first-order chi connectivity index (χ1) is 9.54. The number of nitrogen functional groups attached to an aromatic ring is 1.